The molecular weight excluding hydrogens is 356 g/mol. The number of allylic oxidation sites excluding steroid dienone is 3. The third kappa shape index (κ3) is 3.88. The number of rotatable bonds is 5. The van der Waals surface area contributed by atoms with Gasteiger partial charge in [0.1, 0.15) is 0 Å². The van der Waals surface area contributed by atoms with Gasteiger partial charge in [-0.1, -0.05) is 66.2 Å². The molecule has 0 bridgehead atoms. The third-order valence-electron chi connectivity index (χ3n) is 4.71. The molecule has 0 saturated carbocycles. The Bertz CT molecular complexity index is 987. The van der Waals surface area contributed by atoms with E-state index in [1.165, 1.54) is 0 Å². The summed E-state index contributed by atoms with van der Waals surface area (Å²) in [5.41, 5.74) is 4.96. The van der Waals surface area contributed by atoms with Crippen LogP contribution in [0.4, 0.5) is 0 Å². The third-order valence-corrected chi connectivity index (χ3v) is 4.97. The highest BCUT2D eigenvalue weighted by atomic mass is 35.5. The largest absolute Gasteiger partial charge is 0.363 e. The van der Waals surface area contributed by atoms with Crippen molar-refractivity contribution in [3.8, 4) is 0 Å². The fraction of sp³-hybridized carbons (Fsp3) is 0.0870. The first-order chi connectivity index (χ1) is 13.2. The maximum absolute atomic E-state index is 12.9. The Hall–Kier alpha value is -3.04. The number of aromatic nitrogens is 1. The van der Waals surface area contributed by atoms with Crippen LogP contribution in [0.5, 0.6) is 0 Å². The van der Waals surface area contributed by atoms with Gasteiger partial charge in [-0.3, -0.25) is 4.79 Å². The van der Waals surface area contributed by atoms with E-state index in [1.807, 2.05) is 85.1 Å². The van der Waals surface area contributed by atoms with Crippen LogP contribution in [0.1, 0.15) is 29.3 Å². The van der Waals surface area contributed by atoms with Crippen molar-refractivity contribution >= 4 is 23.1 Å². The van der Waals surface area contributed by atoms with E-state index in [-0.39, 0.29) is 11.9 Å². The Morgan fingerprint density at radius 1 is 0.963 bits per heavy atom. The van der Waals surface area contributed by atoms with Crippen molar-refractivity contribution in [1.82, 2.24) is 10.3 Å². The van der Waals surface area contributed by atoms with Crippen LogP contribution in [0.2, 0.25) is 5.02 Å². The fourth-order valence-corrected chi connectivity index (χ4v) is 3.40. The van der Waals surface area contributed by atoms with E-state index in [0.29, 0.717) is 11.4 Å². The van der Waals surface area contributed by atoms with Gasteiger partial charge in [-0.15, -0.1) is 0 Å². The summed E-state index contributed by atoms with van der Waals surface area (Å²) in [5.74, 6) is -0.0568. The Labute approximate surface area is 163 Å². The van der Waals surface area contributed by atoms with Crippen LogP contribution >= 0.6 is 11.6 Å². The maximum atomic E-state index is 12.9. The fourth-order valence-electron chi connectivity index (χ4n) is 3.28. The lowest BCUT2D eigenvalue weighted by Crippen LogP contribution is -2.30. The average molecular weight is 375 g/mol. The Balaban J connectivity index is 1.49. The zero-order chi connectivity index (χ0) is 18.6. The van der Waals surface area contributed by atoms with Gasteiger partial charge in [-0.05, 0) is 41.0 Å². The van der Waals surface area contributed by atoms with Crippen LogP contribution in [0.15, 0.2) is 90.7 Å². The van der Waals surface area contributed by atoms with Crippen LogP contribution in [-0.2, 0) is 4.79 Å². The number of nitrogens with one attached hydrogen (secondary N) is 2. The van der Waals surface area contributed by atoms with Crippen molar-refractivity contribution in [3.05, 3.63) is 112 Å². The van der Waals surface area contributed by atoms with E-state index >= 15 is 0 Å². The number of halogens is 1. The summed E-state index contributed by atoms with van der Waals surface area (Å²) in [6.07, 6.45) is 6.38. The lowest BCUT2D eigenvalue weighted by atomic mass is 10.0. The summed E-state index contributed by atoms with van der Waals surface area (Å²) < 4.78 is 0. The van der Waals surface area contributed by atoms with Gasteiger partial charge in [0.2, 0.25) is 5.91 Å². The molecular formula is C23H19ClN2O. The molecule has 1 amide bonds. The summed E-state index contributed by atoms with van der Waals surface area (Å²) in [6.45, 7) is 0. The molecule has 134 valence electrons. The quantitative estimate of drug-likeness (QED) is 0.626. The molecule has 27 heavy (non-hydrogen) atoms. The van der Waals surface area contributed by atoms with E-state index < -0.39 is 0 Å². The molecule has 2 aromatic carbocycles. The summed E-state index contributed by atoms with van der Waals surface area (Å²) >= 11 is 5.96. The highest BCUT2D eigenvalue weighted by Crippen LogP contribution is 2.30. The van der Waals surface area contributed by atoms with E-state index in [4.69, 9.17) is 11.6 Å². The molecule has 1 aromatic heterocycles. The molecule has 0 fully saturated rings. The highest BCUT2D eigenvalue weighted by molar-refractivity contribution is 6.30. The topological polar surface area (TPSA) is 44.9 Å². The monoisotopic (exact) mass is 374 g/mol. The number of carbonyl (C=O) groups excluding carboxylic acids is 1. The minimum atomic E-state index is -0.214. The zero-order valence-electron chi connectivity index (χ0n) is 14.7. The summed E-state index contributed by atoms with van der Waals surface area (Å²) in [4.78, 5) is 16.1. The molecule has 1 aliphatic rings. The lowest BCUT2D eigenvalue weighted by Gasteiger charge is -2.19. The molecule has 1 unspecified atom stereocenters. The Morgan fingerprint density at radius 3 is 2.44 bits per heavy atom. The van der Waals surface area contributed by atoms with Crippen LogP contribution in [0.3, 0.4) is 0 Å². The SMILES string of the molecule is O=C(NC(c1ccccc1)c1ccc[nH]1)C1=CC=C(c2ccc(Cl)cc2)C1. The highest BCUT2D eigenvalue weighted by Gasteiger charge is 2.22. The van der Waals surface area contributed by atoms with Gasteiger partial charge in [-0.2, -0.15) is 0 Å². The van der Waals surface area contributed by atoms with Gasteiger partial charge in [0.15, 0.2) is 0 Å². The predicted octanol–water partition coefficient (Wildman–Crippen LogP) is 5.29. The number of benzene rings is 2. The second-order valence-electron chi connectivity index (χ2n) is 6.51. The van der Waals surface area contributed by atoms with Crippen molar-refractivity contribution in [1.29, 1.82) is 0 Å². The minimum absolute atomic E-state index is 0.0568. The summed E-state index contributed by atoms with van der Waals surface area (Å²) in [7, 11) is 0. The summed E-state index contributed by atoms with van der Waals surface area (Å²) in [6, 6.07) is 21.4. The van der Waals surface area contributed by atoms with Crippen molar-refractivity contribution in [3.63, 3.8) is 0 Å². The van der Waals surface area contributed by atoms with Crippen LogP contribution in [-0.4, -0.2) is 10.9 Å². The Kier molecular flexibility index (Phi) is 4.95. The van der Waals surface area contributed by atoms with Gasteiger partial charge in [0.25, 0.3) is 0 Å². The van der Waals surface area contributed by atoms with Crippen LogP contribution in [0, 0.1) is 0 Å². The standard InChI is InChI=1S/C23H19ClN2O/c24-20-12-10-16(11-13-20)18-8-9-19(15-18)23(27)26-22(21-7-4-14-25-21)17-5-2-1-3-6-17/h1-14,22,25H,15H2,(H,26,27). The predicted molar refractivity (Wildman–Crippen MR) is 109 cm³/mol. The average Bonchev–Trinajstić information content (AvgIpc) is 3.39. The first-order valence-electron chi connectivity index (χ1n) is 8.85. The van der Waals surface area contributed by atoms with Crippen LogP contribution < -0.4 is 5.32 Å². The van der Waals surface area contributed by atoms with Gasteiger partial charge in [0.05, 0.1) is 6.04 Å². The lowest BCUT2D eigenvalue weighted by molar-refractivity contribution is -0.118. The van der Waals surface area contributed by atoms with E-state index in [0.717, 1.165) is 28.0 Å². The number of hydrogen-bond acceptors (Lipinski definition) is 1. The first-order valence-corrected chi connectivity index (χ1v) is 9.23. The minimum Gasteiger partial charge on any atom is -0.363 e. The van der Waals surface area contributed by atoms with E-state index in [1.54, 1.807) is 0 Å². The van der Waals surface area contributed by atoms with Crippen LogP contribution in [0.25, 0.3) is 5.57 Å². The van der Waals surface area contributed by atoms with Gasteiger partial charge >= 0.3 is 0 Å². The first kappa shape index (κ1) is 17.4. The molecule has 0 radical (unpaired) electrons. The smallest absolute Gasteiger partial charge is 0.248 e. The number of H-pyrrole nitrogens is 1. The molecule has 2 N–H and O–H groups in total. The number of carbonyl (C=O) groups is 1. The molecule has 4 heteroatoms. The molecule has 0 aliphatic heterocycles. The molecule has 4 rings (SSSR count). The molecule has 0 spiro atoms. The van der Waals surface area contributed by atoms with Gasteiger partial charge < -0.3 is 10.3 Å². The molecule has 1 heterocycles. The normalized spacial score (nSPS) is 14.4. The number of hydrogen-bond donors (Lipinski definition) is 2. The number of aromatic amines is 1. The van der Waals surface area contributed by atoms with E-state index in [2.05, 4.69) is 10.3 Å². The van der Waals surface area contributed by atoms with E-state index in [9.17, 15) is 4.79 Å². The molecule has 3 nitrogen and oxygen atoms in total. The van der Waals surface area contributed by atoms with Crippen molar-refractivity contribution in [2.24, 2.45) is 0 Å². The van der Waals surface area contributed by atoms with Crippen molar-refractivity contribution < 1.29 is 4.79 Å². The number of amides is 1. The molecule has 3 aromatic rings. The maximum Gasteiger partial charge on any atom is 0.248 e. The van der Waals surface area contributed by atoms with Crippen molar-refractivity contribution in [2.45, 2.75) is 12.5 Å². The Morgan fingerprint density at radius 2 is 1.74 bits per heavy atom. The second kappa shape index (κ2) is 7.68. The second-order valence-corrected chi connectivity index (χ2v) is 6.95. The van der Waals surface area contributed by atoms with Gasteiger partial charge in [0, 0.05) is 28.9 Å². The van der Waals surface area contributed by atoms with Crippen molar-refractivity contribution in [2.75, 3.05) is 0 Å². The zero-order valence-corrected chi connectivity index (χ0v) is 15.4. The molecule has 1 atom stereocenters. The molecule has 1 aliphatic carbocycles. The summed E-state index contributed by atoms with van der Waals surface area (Å²) in [5, 5.41) is 3.87. The van der Waals surface area contributed by atoms with Gasteiger partial charge in [-0.25, -0.2) is 0 Å². The molecule has 0 saturated heterocycles.